The van der Waals surface area contributed by atoms with E-state index in [-0.39, 0.29) is 16.8 Å². The Morgan fingerprint density at radius 2 is 2.00 bits per heavy atom. The normalized spacial score (nSPS) is 20.4. The van der Waals surface area contributed by atoms with Gasteiger partial charge in [-0.2, -0.15) is 0 Å². The lowest BCUT2D eigenvalue weighted by atomic mass is 9.74. The molecule has 0 N–H and O–H groups in total. The van der Waals surface area contributed by atoms with E-state index in [0.29, 0.717) is 13.0 Å². The average molecular weight is 210 g/mol. The smallest absolute Gasteiger partial charge is 0.341 e. The van der Waals surface area contributed by atoms with E-state index in [1.807, 2.05) is 20.8 Å². The van der Waals surface area contributed by atoms with Crippen molar-refractivity contribution in [1.82, 2.24) is 0 Å². The van der Waals surface area contributed by atoms with Gasteiger partial charge in [0.05, 0.1) is 6.61 Å². The first kappa shape index (κ1) is 12.0. The molecule has 0 unspecified atom stereocenters. The van der Waals surface area contributed by atoms with Crippen LogP contribution >= 0.6 is 0 Å². The Balaban J connectivity index is 2.97. The topological polar surface area (TPSA) is 43.4 Å². The Kier molecular flexibility index (Phi) is 3.32. The van der Waals surface area contributed by atoms with Crippen LogP contribution in [0.5, 0.6) is 0 Å². The Morgan fingerprint density at radius 1 is 1.40 bits per heavy atom. The molecule has 1 rings (SSSR count). The molecular formula is C12H18O3. The summed E-state index contributed by atoms with van der Waals surface area (Å²) in [4.78, 5) is 23.3. The lowest BCUT2D eigenvalue weighted by molar-refractivity contribution is -0.140. The summed E-state index contributed by atoms with van der Waals surface area (Å²) in [5, 5.41) is 0. The van der Waals surface area contributed by atoms with E-state index < -0.39 is 5.97 Å². The molecule has 1 aliphatic rings. The van der Waals surface area contributed by atoms with E-state index >= 15 is 0 Å². The van der Waals surface area contributed by atoms with E-state index in [0.717, 1.165) is 12.0 Å². The fourth-order valence-corrected chi connectivity index (χ4v) is 2.12. The SMILES string of the molecule is CCOC(=O)C1=C(C)CC(C)(C)CC1=O. The van der Waals surface area contributed by atoms with E-state index in [1.165, 1.54) is 0 Å². The number of ketones is 1. The van der Waals surface area contributed by atoms with E-state index in [4.69, 9.17) is 4.74 Å². The summed E-state index contributed by atoms with van der Waals surface area (Å²) in [6, 6.07) is 0. The first-order valence-electron chi connectivity index (χ1n) is 5.27. The second-order valence-corrected chi connectivity index (χ2v) is 4.82. The maximum absolute atomic E-state index is 11.8. The predicted molar refractivity (Wildman–Crippen MR) is 57.4 cm³/mol. The summed E-state index contributed by atoms with van der Waals surface area (Å²) in [5.74, 6) is -0.544. The standard InChI is InChI=1S/C12H18O3/c1-5-15-11(14)10-8(2)6-12(3,4)7-9(10)13/h5-7H2,1-4H3. The van der Waals surface area contributed by atoms with Gasteiger partial charge in [0.15, 0.2) is 5.78 Å². The lowest BCUT2D eigenvalue weighted by Crippen LogP contribution is -2.29. The summed E-state index contributed by atoms with van der Waals surface area (Å²) in [6.07, 6.45) is 1.21. The van der Waals surface area contributed by atoms with Crippen molar-refractivity contribution in [3.63, 3.8) is 0 Å². The molecule has 0 saturated carbocycles. The molecule has 0 heterocycles. The van der Waals surface area contributed by atoms with Crippen molar-refractivity contribution in [3.05, 3.63) is 11.1 Å². The molecule has 15 heavy (non-hydrogen) atoms. The van der Waals surface area contributed by atoms with Gasteiger partial charge in [0.25, 0.3) is 0 Å². The molecule has 0 bridgehead atoms. The first-order valence-corrected chi connectivity index (χ1v) is 5.27. The summed E-state index contributed by atoms with van der Waals surface area (Å²) in [6.45, 7) is 7.97. The number of esters is 1. The number of ether oxygens (including phenoxy) is 1. The van der Waals surface area contributed by atoms with Crippen LogP contribution in [0.2, 0.25) is 0 Å². The molecule has 0 aromatic rings. The fourth-order valence-electron chi connectivity index (χ4n) is 2.12. The summed E-state index contributed by atoms with van der Waals surface area (Å²) in [5.41, 5.74) is 1.10. The van der Waals surface area contributed by atoms with Gasteiger partial charge in [-0.3, -0.25) is 4.79 Å². The molecule has 0 atom stereocenters. The summed E-state index contributed by atoms with van der Waals surface area (Å²) in [7, 11) is 0. The summed E-state index contributed by atoms with van der Waals surface area (Å²) < 4.78 is 4.87. The number of Topliss-reactive ketones (excluding diaryl/α,β-unsaturated/α-hetero) is 1. The van der Waals surface area contributed by atoms with Crippen LogP contribution in [0.1, 0.15) is 40.5 Å². The molecule has 0 aromatic heterocycles. The molecule has 84 valence electrons. The second kappa shape index (κ2) is 4.17. The van der Waals surface area contributed by atoms with Gasteiger partial charge in [-0.1, -0.05) is 19.4 Å². The highest BCUT2D eigenvalue weighted by Gasteiger charge is 2.34. The maximum Gasteiger partial charge on any atom is 0.341 e. The Labute approximate surface area is 90.5 Å². The number of rotatable bonds is 2. The van der Waals surface area contributed by atoms with Crippen molar-refractivity contribution >= 4 is 11.8 Å². The summed E-state index contributed by atoms with van der Waals surface area (Å²) >= 11 is 0. The molecule has 0 aliphatic heterocycles. The van der Waals surface area contributed by atoms with Crippen LogP contribution < -0.4 is 0 Å². The van der Waals surface area contributed by atoms with Crippen LogP contribution in [-0.4, -0.2) is 18.4 Å². The monoisotopic (exact) mass is 210 g/mol. The average Bonchev–Trinajstić information content (AvgIpc) is 1.99. The molecule has 3 heteroatoms. The lowest BCUT2D eigenvalue weighted by Gasteiger charge is -2.30. The molecule has 1 aliphatic carbocycles. The van der Waals surface area contributed by atoms with Gasteiger partial charge in [0.1, 0.15) is 5.57 Å². The molecular weight excluding hydrogens is 192 g/mol. The van der Waals surface area contributed by atoms with Crippen molar-refractivity contribution in [2.75, 3.05) is 6.61 Å². The number of hydrogen-bond acceptors (Lipinski definition) is 3. The van der Waals surface area contributed by atoms with E-state index in [2.05, 4.69) is 0 Å². The van der Waals surface area contributed by atoms with Crippen LogP contribution in [0.3, 0.4) is 0 Å². The molecule has 3 nitrogen and oxygen atoms in total. The van der Waals surface area contributed by atoms with Crippen molar-refractivity contribution in [2.45, 2.75) is 40.5 Å². The zero-order chi connectivity index (χ0) is 11.6. The van der Waals surface area contributed by atoms with Crippen LogP contribution in [-0.2, 0) is 14.3 Å². The first-order chi connectivity index (χ1) is 6.87. The highest BCUT2D eigenvalue weighted by Crippen LogP contribution is 2.36. The highest BCUT2D eigenvalue weighted by molar-refractivity contribution is 6.18. The third-order valence-electron chi connectivity index (χ3n) is 2.57. The minimum atomic E-state index is -0.462. The van der Waals surface area contributed by atoms with Gasteiger partial charge in [0.2, 0.25) is 0 Å². The molecule has 0 fully saturated rings. The van der Waals surface area contributed by atoms with Gasteiger partial charge in [-0.15, -0.1) is 0 Å². The van der Waals surface area contributed by atoms with E-state index in [1.54, 1.807) is 6.92 Å². The fraction of sp³-hybridized carbons (Fsp3) is 0.667. The number of allylic oxidation sites excluding steroid dienone is 1. The van der Waals surface area contributed by atoms with Gasteiger partial charge >= 0.3 is 5.97 Å². The Hall–Kier alpha value is -1.12. The quantitative estimate of drug-likeness (QED) is 0.518. The molecule has 0 aromatic carbocycles. The van der Waals surface area contributed by atoms with Crippen molar-refractivity contribution in [1.29, 1.82) is 0 Å². The van der Waals surface area contributed by atoms with Gasteiger partial charge in [-0.05, 0) is 25.7 Å². The minimum absolute atomic E-state index is 0.0306. The number of hydrogen-bond donors (Lipinski definition) is 0. The largest absolute Gasteiger partial charge is 0.462 e. The third-order valence-corrected chi connectivity index (χ3v) is 2.57. The molecule has 0 saturated heterocycles. The van der Waals surface area contributed by atoms with E-state index in [9.17, 15) is 9.59 Å². The minimum Gasteiger partial charge on any atom is -0.462 e. The second-order valence-electron chi connectivity index (χ2n) is 4.82. The predicted octanol–water partition coefficient (Wildman–Crippen LogP) is 2.26. The number of carbonyl (C=O) groups excluding carboxylic acids is 2. The highest BCUT2D eigenvalue weighted by atomic mass is 16.5. The van der Waals surface area contributed by atoms with Crippen molar-refractivity contribution < 1.29 is 14.3 Å². The maximum atomic E-state index is 11.8. The van der Waals surface area contributed by atoms with Crippen LogP contribution in [0.15, 0.2) is 11.1 Å². The Bertz CT molecular complexity index is 324. The molecule has 0 spiro atoms. The molecule has 0 amide bonds. The van der Waals surface area contributed by atoms with Gasteiger partial charge in [0, 0.05) is 6.42 Å². The van der Waals surface area contributed by atoms with Crippen molar-refractivity contribution in [2.24, 2.45) is 5.41 Å². The number of carbonyl (C=O) groups is 2. The van der Waals surface area contributed by atoms with Crippen LogP contribution in [0.4, 0.5) is 0 Å². The Morgan fingerprint density at radius 3 is 2.47 bits per heavy atom. The van der Waals surface area contributed by atoms with Crippen LogP contribution in [0.25, 0.3) is 0 Å². The third kappa shape index (κ3) is 2.67. The zero-order valence-corrected chi connectivity index (χ0v) is 9.85. The van der Waals surface area contributed by atoms with Gasteiger partial charge in [-0.25, -0.2) is 4.79 Å². The van der Waals surface area contributed by atoms with Crippen molar-refractivity contribution in [3.8, 4) is 0 Å². The molecule has 0 radical (unpaired) electrons. The van der Waals surface area contributed by atoms with Crippen LogP contribution in [0, 0.1) is 5.41 Å². The zero-order valence-electron chi connectivity index (χ0n) is 9.85. The van der Waals surface area contributed by atoms with Gasteiger partial charge < -0.3 is 4.74 Å².